The summed E-state index contributed by atoms with van der Waals surface area (Å²) in [5.74, 6) is 2.00. The van der Waals surface area contributed by atoms with E-state index in [0.717, 1.165) is 192 Å². The summed E-state index contributed by atoms with van der Waals surface area (Å²) in [5, 5.41) is 44.1. The average molecular weight is 1200 g/mol. The summed E-state index contributed by atoms with van der Waals surface area (Å²) in [7, 11) is 3.92. The maximum absolute atomic E-state index is 12.8. The predicted octanol–water partition coefficient (Wildman–Crippen LogP) is 16.6. The number of hydrogen-bond donors (Lipinski definition) is 4. The molecule has 4 atom stereocenters. The smallest absolute Gasteiger partial charge is 0.305 e. The molecule has 0 saturated carbocycles. The number of carbonyl (C=O) groups is 1. The number of piperazine rings is 1. The van der Waals surface area contributed by atoms with Crippen LogP contribution >= 0.6 is 21.6 Å². The SMILES string of the molecule is CC/C=C\C/C=C\C/C=C\CCCCCCC(O)CN(CCCSSCCN1CCN(CCOC(=O)CCCN(CC(O)CCCCCCCC)CC(O)CCCCCCCC)CC1)CC(O)CCCCCC/C=C\C/C=C\C/C=C\CC. The number of unbranched alkanes of at least 4 members (excludes halogenated alkanes) is 18. The van der Waals surface area contributed by atoms with E-state index in [4.69, 9.17) is 4.74 Å². The fourth-order valence-corrected chi connectivity index (χ4v) is 12.8. The maximum Gasteiger partial charge on any atom is 0.305 e. The molecule has 4 unspecified atom stereocenters. The van der Waals surface area contributed by atoms with Crippen LogP contribution in [0.2, 0.25) is 0 Å². The van der Waals surface area contributed by atoms with Gasteiger partial charge in [0.15, 0.2) is 0 Å². The first-order valence-electron chi connectivity index (χ1n) is 34.6. The highest BCUT2D eigenvalue weighted by Gasteiger charge is 2.20. The second kappa shape index (κ2) is 61.9. The number of ether oxygens (including phenoxy) is 1. The molecule has 1 saturated heterocycles. The highest BCUT2D eigenvalue weighted by atomic mass is 33.1. The number of rotatable bonds is 61. The van der Waals surface area contributed by atoms with Gasteiger partial charge >= 0.3 is 5.97 Å². The zero-order valence-electron chi connectivity index (χ0n) is 54.3. The Morgan fingerprint density at radius 2 is 0.771 bits per heavy atom. The van der Waals surface area contributed by atoms with E-state index in [-0.39, 0.29) is 18.2 Å². The molecule has 83 heavy (non-hydrogen) atoms. The van der Waals surface area contributed by atoms with Gasteiger partial charge in [-0.05, 0) is 116 Å². The molecule has 0 spiro atoms. The minimum atomic E-state index is -0.408. The third-order valence-electron chi connectivity index (χ3n) is 15.8. The van der Waals surface area contributed by atoms with Crippen molar-refractivity contribution in [3.8, 4) is 0 Å². The van der Waals surface area contributed by atoms with Crippen molar-refractivity contribution in [2.24, 2.45) is 0 Å². The third kappa shape index (κ3) is 55.4. The number of aliphatic hydroxyl groups excluding tert-OH is 4. The zero-order valence-corrected chi connectivity index (χ0v) is 55.9. The van der Waals surface area contributed by atoms with Crippen LogP contribution in [-0.4, -0.2) is 167 Å². The lowest BCUT2D eigenvalue weighted by Gasteiger charge is -2.34. The van der Waals surface area contributed by atoms with Crippen molar-refractivity contribution in [1.29, 1.82) is 0 Å². The summed E-state index contributed by atoms with van der Waals surface area (Å²) in [6.45, 7) is 19.1. The van der Waals surface area contributed by atoms with E-state index in [1.54, 1.807) is 0 Å². The molecule has 0 radical (unpaired) electrons. The number of carbonyl (C=O) groups excluding carboxylic acids is 1. The Balaban J connectivity index is 2.42. The minimum absolute atomic E-state index is 0.154. The molecule has 10 nitrogen and oxygen atoms in total. The van der Waals surface area contributed by atoms with E-state index in [1.807, 2.05) is 21.6 Å². The first-order chi connectivity index (χ1) is 40.7. The van der Waals surface area contributed by atoms with Gasteiger partial charge < -0.3 is 25.2 Å². The molecule has 0 aromatic heterocycles. The Morgan fingerprint density at radius 3 is 1.19 bits per heavy atom. The van der Waals surface area contributed by atoms with Crippen LogP contribution in [0.3, 0.4) is 0 Å². The van der Waals surface area contributed by atoms with Gasteiger partial charge in [0.1, 0.15) is 6.61 Å². The van der Waals surface area contributed by atoms with Gasteiger partial charge in [-0.3, -0.25) is 24.4 Å². The molecule has 1 rings (SSSR count). The van der Waals surface area contributed by atoms with Crippen LogP contribution in [0.1, 0.15) is 252 Å². The maximum atomic E-state index is 12.8. The number of hydrogen-bond acceptors (Lipinski definition) is 12. The lowest BCUT2D eigenvalue weighted by molar-refractivity contribution is -0.144. The van der Waals surface area contributed by atoms with E-state index in [2.05, 4.69) is 120 Å². The van der Waals surface area contributed by atoms with E-state index in [9.17, 15) is 25.2 Å². The van der Waals surface area contributed by atoms with Gasteiger partial charge in [0.05, 0.1) is 24.4 Å². The van der Waals surface area contributed by atoms with Gasteiger partial charge in [-0.25, -0.2) is 0 Å². The standard InChI is InChI=1S/C71H132N4O6S2/c1-5-9-13-17-21-23-25-27-29-31-33-35-39-43-49-69(78)65-75(66-70(79)50-44-40-36-34-32-30-28-26-24-22-18-14-10-6-2)53-46-61-82-83-62-59-73-56-54-72(55-57-73)58-60-81-71(80)51-45-52-74(63-67(76)47-41-37-19-15-11-7-3)64-68(77)48-42-38-20-16-12-8-4/h9-10,13-14,21-24,27-30,67-70,76-79H,5-8,11-12,15-20,25-26,31-66H2,1-4H3/b13-9-,14-10-,23-21-,24-22-,29-27-,30-28-. The summed E-state index contributed by atoms with van der Waals surface area (Å²) in [4.78, 5) is 22.3. The van der Waals surface area contributed by atoms with E-state index in [0.29, 0.717) is 52.2 Å². The van der Waals surface area contributed by atoms with Crippen molar-refractivity contribution in [2.45, 2.75) is 277 Å². The Hall–Kier alpha value is -1.71. The molecule has 1 aliphatic heterocycles. The van der Waals surface area contributed by atoms with Gasteiger partial charge in [0.25, 0.3) is 0 Å². The molecule has 0 aromatic rings. The second-order valence-corrected chi connectivity index (χ2v) is 26.5. The Bertz CT molecular complexity index is 1490. The molecule has 1 aliphatic rings. The summed E-state index contributed by atoms with van der Waals surface area (Å²) < 4.78 is 5.71. The highest BCUT2D eigenvalue weighted by molar-refractivity contribution is 8.76. The molecule has 0 aliphatic carbocycles. The van der Waals surface area contributed by atoms with Gasteiger partial charge in [-0.2, -0.15) is 0 Å². The number of nitrogens with zero attached hydrogens (tertiary/aromatic N) is 4. The molecular formula is C71H132N4O6S2. The quantitative estimate of drug-likeness (QED) is 0.0201. The number of aliphatic hydroxyl groups is 4. The first-order valence-corrected chi connectivity index (χ1v) is 37.1. The van der Waals surface area contributed by atoms with Crippen molar-refractivity contribution in [3.05, 3.63) is 72.9 Å². The molecule has 4 N–H and O–H groups in total. The number of allylic oxidation sites excluding steroid dienone is 12. The molecule has 1 fully saturated rings. The largest absolute Gasteiger partial charge is 0.464 e. The molecule has 0 aromatic carbocycles. The molecule has 1 heterocycles. The normalized spacial score (nSPS) is 15.6. The van der Waals surface area contributed by atoms with Crippen molar-refractivity contribution >= 4 is 27.6 Å². The van der Waals surface area contributed by atoms with E-state index < -0.39 is 12.2 Å². The fourth-order valence-electron chi connectivity index (χ4n) is 10.7. The summed E-state index contributed by atoms with van der Waals surface area (Å²) in [6.07, 6.45) is 63.0. The summed E-state index contributed by atoms with van der Waals surface area (Å²) >= 11 is 0. The lowest BCUT2D eigenvalue weighted by Crippen LogP contribution is -2.47. The van der Waals surface area contributed by atoms with Crippen LogP contribution in [0.5, 0.6) is 0 Å². The highest BCUT2D eigenvalue weighted by Crippen LogP contribution is 2.23. The molecule has 484 valence electrons. The zero-order chi connectivity index (χ0) is 60.2. The van der Waals surface area contributed by atoms with Crippen molar-refractivity contribution in [2.75, 3.05) is 96.6 Å². The van der Waals surface area contributed by atoms with Crippen molar-refractivity contribution < 1.29 is 30.0 Å². The second-order valence-electron chi connectivity index (χ2n) is 23.8. The van der Waals surface area contributed by atoms with Crippen LogP contribution in [0.4, 0.5) is 0 Å². The Kier molecular flexibility index (Phi) is 59.2. The monoisotopic (exact) mass is 1200 g/mol. The van der Waals surface area contributed by atoms with Crippen molar-refractivity contribution in [1.82, 2.24) is 19.6 Å². The molecule has 0 amide bonds. The van der Waals surface area contributed by atoms with Crippen molar-refractivity contribution in [3.63, 3.8) is 0 Å². The molecular weight excluding hydrogens is 1070 g/mol. The van der Waals surface area contributed by atoms with Gasteiger partial charge in [0.2, 0.25) is 0 Å². The van der Waals surface area contributed by atoms with E-state index in [1.165, 1.54) is 77.0 Å². The van der Waals surface area contributed by atoms with Crippen LogP contribution in [0.25, 0.3) is 0 Å². The molecule has 12 heteroatoms. The Labute approximate surface area is 520 Å². The van der Waals surface area contributed by atoms with Crippen LogP contribution < -0.4 is 0 Å². The molecule has 0 bridgehead atoms. The van der Waals surface area contributed by atoms with Gasteiger partial charge in [0, 0.05) is 83.4 Å². The lowest BCUT2D eigenvalue weighted by atomic mass is 10.1. The van der Waals surface area contributed by atoms with Crippen LogP contribution in [0, 0.1) is 0 Å². The van der Waals surface area contributed by atoms with Crippen LogP contribution in [-0.2, 0) is 9.53 Å². The van der Waals surface area contributed by atoms with Crippen LogP contribution in [0.15, 0.2) is 72.9 Å². The number of esters is 1. The van der Waals surface area contributed by atoms with E-state index >= 15 is 0 Å². The predicted molar refractivity (Wildman–Crippen MR) is 365 cm³/mol. The fraction of sp³-hybridized carbons (Fsp3) is 0.817. The summed E-state index contributed by atoms with van der Waals surface area (Å²) in [6, 6.07) is 0. The Morgan fingerprint density at radius 1 is 0.422 bits per heavy atom. The third-order valence-corrected chi connectivity index (χ3v) is 18.3. The minimum Gasteiger partial charge on any atom is -0.464 e. The first kappa shape index (κ1) is 79.3. The summed E-state index contributed by atoms with van der Waals surface area (Å²) in [5.41, 5.74) is 0. The van der Waals surface area contributed by atoms with Gasteiger partial charge in [-0.1, -0.05) is 238 Å². The topological polar surface area (TPSA) is 120 Å². The average Bonchev–Trinajstić information content (AvgIpc) is 3.48. The van der Waals surface area contributed by atoms with Gasteiger partial charge in [-0.15, -0.1) is 0 Å².